The van der Waals surface area contributed by atoms with E-state index in [1.165, 1.54) is 76.5 Å². The smallest absolute Gasteiger partial charge is 1.00 e. The molecule has 8 aromatic rings. The van der Waals surface area contributed by atoms with Gasteiger partial charge in [0, 0.05) is 0 Å². The van der Waals surface area contributed by atoms with Gasteiger partial charge in [-0.15, -0.1) is 0 Å². The number of hydrogen-bond acceptors (Lipinski definition) is 0. The minimum atomic E-state index is -2.91. The van der Waals surface area contributed by atoms with Crippen LogP contribution in [0, 0.1) is 0 Å². The summed E-state index contributed by atoms with van der Waals surface area (Å²) >= 11 is -2.91. The number of halogens is 2. The van der Waals surface area contributed by atoms with E-state index in [4.69, 9.17) is 0 Å². The van der Waals surface area contributed by atoms with Crippen LogP contribution >= 0.6 is 0 Å². The Morgan fingerprint density at radius 2 is 0.640 bits per heavy atom. The molecule has 2 aliphatic rings. The summed E-state index contributed by atoms with van der Waals surface area (Å²) in [5.74, 6) is 0. The van der Waals surface area contributed by atoms with Crippen LogP contribution in [0.4, 0.5) is 0 Å². The number of fused-ring (bicyclic) bond motifs is 12. The van der Waals surface area contributed by atoms with Crippen LogP contribution in [-0.2, 0) is 21.3 Å². The molecule has 0 bridgehead atoms. The Morgan fingerprint density at radius 1 is 0.340 bits per heavy atom. The van der Waals surface area contributed by atoms with Gasteiger partial charge in [-0.25, -0.2) is 0 Å². The van der Waals surface area contributed by atoms with Gasteiger partial charge in [0.15, 0.2) is 0 Å². The molecule has 0 saturated heterocycles. The van der Waals surface area contributed by atoms with Crippen molar-refractivity contribution in [3.05, 3.63) is 203 Å². The van der Waals surface area contributed by atoms with Crippen molar-refractivity contribution in [2.45, 2.75) is 7.25 Å². The van der Waals surface area contributed by atoms with Gasteiger partial charge in [0.1, 0.15) is 0 Å². The molecule has 0 aliphatic heterocycles. The fourth-order valence-electron chi connectivity index (χ4n) is 8.73. The average Bonchev–Trinajstić information content (AvgIpc) is 3.81. The van der Waals surface area contributed by atoms with E-state index in [1.807, 2.05) is 0 Å². The largest absolute Gasteiger partial charge is 1.00 e. The molecule has 0 N–H and O–H groups in total. The maximum absolute atomic E-state index is 2.91. The Kier molecular flexibility index (Phi) is 8.78. The molecule has 0 fully saturated rings. The van der Waals surface area contributed by atoms with E-state index >= 15 is 0 Å². The molecular formula is C47H32Cl2Zr. The average molecular weight is 759 g/mol. The molecule has 0 amide bonds. The summed E-state index contributed by atoms with van der Waals surface area (Å²) in [5.41, 5.74) is 8.65. The third-order valence-electron chi connectivity index (χ3n) is 10.6. The molecule has 2 aliphatic carbocycles. The van der Waals surface area contributed by atoms with Crippen LogP contribution in [0.1, 0.15) is 40.6 Å². The fourth-order valence-corrected chi connectivity index (χ4v) is 18.2. The van der Waals surface area contributed by atoms with Crippen LogP contribution in [-0.4, -0.2) is 3.21 Å². The van der Waals surface area contributed by atoms with E-state index in [-0.39, 0.29) is 24.8 Å². The van der Waals surface area contributed by atoms with Crippen molar-refractivity contribution in [1.29, 1.82) is 0 Å². The van der Waals surface area contributed by atoms with Crippen LogP contribution in [0.25, 0.3) is 55.2 Å². The van der Waals surface area contributed by atoms with Crippen LogP contribution in [0.15, 0.2) is 170 Å². The van der Waals surface area contributed by atoms with Gasteiger partial charge in [-0.2, -0.15) is 0 Å². The van der Waals surface area contributed by atoms with Crippen molar-refractivity contribution >= 4 is 58.4 Å². The van der Waals surface area contributed by atoms with Crippen molar-refractivity contribution in [3.8, 4) is 0 Å². The third-order valence-corrected chi connectivity index (χ3v) is 19.1. The Balaban J connectivity index is 0.00000180. The quantitative estimate of drug-likeness (QED) is 0.193. The molecule has 0 spiro atoms. The molecule has 0 radical (unpaired) electrons. The fraction of sp³-hybridized carbons (Fsp3) is 0.0426. The molecule has 2 unspecified atom stereocenters. The Labute approximate surface area is 312 Å². The monoisotopic (exact) mass is 756 g/mol. The predicted octanol–water partition coefficient (Wildman–Crippen LogP) is 6.03. The van der Waals surface area contributed by atoms with Gasteiger partial charge < -0.3 is 24.8 Å². The standard InChI is InChI=1S/2C17H11.C13H10.2ClH.Zr/c2*1-3-8-14-12(6-1)13-7-2-4-9-15(13)17-11-5-10-16(14)17;1-3-7-12(8-4-1)11-13-9-5-2-6-10-13;;;/h2*1-11H;1-10H;2*1H;/q;;;;;+2/p-2. The zero-order chi connectivity index (χ0) is 31.6. The van der Waals surface area contributed by atoms with Gasteiger partial charge in [-0.1, -0.05) is 0 Å². The number of hydrogen-bond donors (Lipinski definition) is 0. The Bertz CT molecular complexity index is 2490. The summed E-state index contributed by atoms with van der Waals surface area (Å²) in [6, 6.07) is 59.0. The van der Waals surface area contributed by atoms with Gasteiger partial charge in [0.05, 0.1) is 0 Å². The second kappa shape index (κ2) is 13.4. The summed E-state index contributed by atoms with van der Waals surface area (Å²) in [5, 5.41) is 11.0. The first-order valence-corrected chi connectivity index (χ1v) is 21.0. The van der Waals surface area contributed by atoms with E-state index in [0.29, 0.717) is 7.25 Å². The Morgan fingerprint density at radius 3 is 1.02 bits per heavy atom. The summed E-state index contributed by atoms with van der Waals surface area (Å²) in [4.78, 5) is 0. The minimum Gasteiger partial charge on any atom is -1.00 e. The molecular weight excluding hydrogens is 727 g/mol. The maximum atomic E-state index is 2.61. The Hall–Kier alpha value is -4.39. The molecule has 0 nitrogen and oxygen atoms in total. The van der Waals surface area contributed by atoms with Crippen molar-refractivity contribution in [2.24, 2.45) is 0 Å². The first kappa shape index (κ1) is 32.8. The van der Waals surface area contributed by atoms with E-state index < -0.39 is 21.3 Å². The maximum Gasteiger partial charge on any atom is -1.00 e. The van der Waals surface area contributed by atoms with Crippen LogP contribution < -0.4 is 24.8 Å². The molecule has 3 heteroatoms. The zero-order valence-electron chi connectivity index (χ0n) is 27.2. The summed E-state index contributed by atoms with van der Waals surface area (Å²) in [6.45, 7) is 0. The molecule has 50 heavy (non-hydrogen) atoms. The van der Waals surface area contributed by atoms with E-state index in [0.717, 1.165) is 0 Å². The molecule has 0 aromatic heterocycles. The van der Waals surface area contributed by atoms with Crippen molar-refractivity contribution in [3.63, 3.8) is 0 Å². The number of allylic oxidation sites excluding steroid dienone is 2. The van der Waals surface area contributed by atoms with Gasteiger partial charge in [0.2, 0.25) is 0 Å². The van der Waals surface area contributed by atoms with Crippen LogP contribution in [0.5, 0.6) is 0 Å². The van der Waals surface area contributed by atoms with Gasteiger partial charge in [0.25, 0.3) is 0 Å². The van der Waals surface area contributed by atoms with Crippen LogP contribution in [0.2, 0.25) is 0 Å². The normalized spacial score (nSPS) is 15.3. The van der Waals surface area contributed by atoms with Crippen molar-refractivity contribution in [2.75, 3.05) is 0 Å². The molecule has 238 valence electrons. The van der Waals surface area contributed by atoms with Crippen molar-refractivity contribution < 1.29 is 46.1 Å². The summed E-state index contributed by atoms with van der Waals surface area (Å²) in [7, 11) is 0. The molecule has 0 saturated carbocycles. The predicted molar refractivity (Wildman–Crippen MR) is 203 cm³/mol. The second-order valence-corrected chi connectivity index (χ2v) is 19.6. The molecule has 10 rings (SSSR count). The van der Waals surface area contributed by atoms with E-state index in [1.54, 1.807) is 3.21 Å². The van der Waals surface area contributed by atoms with Crippen molar-refractivity contribution in [1.82, 2.24) is 0 Å². The molecule has 2 atom stereocenters. The topological polar surface area (TPSA) is 0 Å². The molecule has 8 aromatic carbocycles. The van der Waals surface area contributed by atoms with Gasteiger partial charge in [-0.05, 0) is 0 Å². The SMILES string of the molecule is C1=C[CH]([Zr+2](=[C](c2ccccc2)c2ccccc2)[CH]2C=Cc3c2c2ccccc2c2ccccc32)c2c1c1ccccc1c1ccccc21.[Cl-].[Cl-]. The van der Waals surface area contributed by atoms with E-state index in [2.05, 4.69) is 182 Å². The van der Waals surface area contributed by atoms with Crippen LogP contribution in [0.3, 0.4) is 0 Å². The summed E-state index contributed by atoms with van der Waals surface area (Å²) in [6.07, 6.45) is 10.2. The third kappa shape index (κ3) is 5.02. The minimum absolute atomic E-state index is 0. The first-order chi connectivity index (χ1) is 23.9. The zero-order valence-corrected chi connectivity index (χ0v) is 31.2. The molecule has 0 heterocycles. The second-order valence-electron chi connectivity index (χ2n) is 13.1. The van der Waals surface area contributed by atoms with Gasteiger partial charge in [-0.3, -0.25) is 0 Å². The summed E-state index contributed by atoms with van der Waals surface area (Å²) < 4.78 is 2.31. The first-order valence-electron chi connectivity index (χ1n) is 16.9. The van der Waals surface area contributed by atoms with Gasteiger partial charge >= 0.3 is 290 Å². The van der Waals surface area contributed by atoms with E-state index in [9.17, 15) is 0 Å². The number of benzene rings is 8. The number of rotatable bonds is 4.